The van der Waals surface area contributed by atoms with Crippen molar-refractivity contribution < 1.29 is 35.8 Å². The lowest BCUT2D eigenvalue weighted by molar-refractivity contribution is 0.297. The van der Waals surface area contributed by atoms with E-state index in [1.165, 1.54) is 23.4 Å². The van der Waals surface area contributed by atoms with Crippen molar-refractivity contribution >= 4 is 57.9 Å². The zero-order valence-electron chi connectivity index (χ0n) is 35.8. The van der Waals surface area contributed by atoms with Gasteiger partial charge in [0.15, 0.2) is 34.3 Å². The molecule has 3 aromatic carbocycles. The minimum Gasteiger partial charge on any atom is -0.493 e. The van der Waals surface area contributed by atoms with Gasteiger partial charge in [-0.25, -0.2) is 36.4 Å². The summed E-state index contributed by atoms with van der Waals surface area (Å²) in [5.74, 6) is 1.02. The number of rotatable bonds is 18. The standard InChI is InChI=1S/C45H47BrN6O10S2/c1-6-61-40-20-29(10-14-38(40)59-2)36(25-63(4,55)56)51-42-34(49-44(51)53)19-31(23-47-42)28-9-7-8-27(18-28)16-17-62-41-21-30(11-15-39(41)60-3)37(26-64(5,57)58)52-43-35(22-32(46)24-48-43)50(45(52)54)33-12-13-33/h7-11,14-15,18-24,33,36-37H,6,12-13,16-17,25-26H2,1-5H3,(H,49,53)/t36-,37-/m0/s1. The molecule has 0 amide bonds. The van der Waals surface area contributed by atoms with Crippen LogP contribution in [0.1, 0.15) is 54.6 Å². The van der Waals surface area contributed by atoms with Gasteiger partial charge in [-0.1, -0.05) is 36.4 Å². The zero-order chi connectivity index (χ0) is 45.5. The molecule has 1 aliphatic carbocycles. The van der Waals surface area contributed by atoms with E-state index in [9.17, 15) is 26.4 Å². The summed E-state index contributed by atoms with van der Waals surface area (Å²) in [6.45, 7) is 2.41. The summed E-state index contributed by atoms with van der Waals surface area (Å²) in [5.41, 5.74) is 4.46. The van der Waals surface area contributed by atoms with Crippen LogP contribution in [0, 0.1) is 0 Å². The van der Waals surface area contributed by atoms with Gasteiger partial charge in [-0.2, -0.15) is 0 Å². The van der Waals surface area contributed by atoms with Gasteiger partial charge in [0.2, 0.25) is 0 Å². The highest BCUT2D eigenvalue weighted by Crippen LogP contribution is 2.39. The van der Waals surface area contributed by atoms with Crippen molar-refractivity contribution in [2.75, 3.05) is 51.5 Å². The fraction of sp³-hybridized carbons (Fsp3) is 0.333. The average Bonchev–Trinajstić information content (AvgIpc) is 3.97. The maximum Gasteiger partial charge on any atom is 0.331 e. The van der Waals surface area contributed by atoms with Crippen molar-refractivity contribution in [3.8, 4) is 34.1 Å². The number of sulfone groups is 2. The second-order valence-electron chi connectivity index (χ2n) is 15.9. The Bertz CT molecular complexity index is 3250. The number of halogens is 1. The highest BCUT2D eigenvalue weighted by molar-refractivity contribution is 9.10. The molecular weight excluding hydrogens is 929 g/mol. The third-order valence-electron chi connectivity index (χ3n) is 11.1. The molecule has 2 atom stereocenters. The first-order valence-corrected chi connectivity index (χ1v) is 25.4. The van der Waals surface area contributed by atoms with Crippen LogP contribution in [0.5, 0.6) is 23.0 Å². The summed E-state index contributed by atoms with van der Waals surface area (Å²) in [4.78, 5) is 39.8. The van der Waals surface area contributed by atoms with Crippen molar-refractivity contribution in [3.63, 3.8) is 0 Å². The number of aromatic amines is 1. The predicted octanol–water partition coefficient (Wildman–Crippen LogP) is 6.31. The molecule has 0 unspecified atom stereocenters. The number of fused-ring (bicyclic) bond motifs is 2. The third kappa shape index (κ3) is 9.46. The van der Waals surface area contributed by atoms with Crippen LogP contribution in [-0.4, -0.2) is 96.9 Å². The molecule has 19 heteroatoms. The fourth-order valence-corrected chi connectivity index (χ4v) is 10.3. The van der Waals surface area contributed by atoms with Gasteiger partial charge >= 0.3 is 11.4 Å². The molecule has 64 heavy (non-hydrogen) atoms. The van der Waals surface area contributed by atoms with Crippen LogP contribution in [0.2, 0.25) is 0 Å². The van der Waals surface area contributed by atoms with Gasteiger partial charge in [0.25, 0.3) is 0 Å². The highest BCUT2D eigenvalue weighted by atomic mass is 79.9. The number of H-pyrrole nitrogens is 1. The quantitative estimate of drug-likeness (QED) is 0.101. The SMILES string of the molecule is CCOc1cc([C@H](CS(C)(=O)=O)n2c(=O)[nH]c3cc(-c4cccc(CCOc5cc([C@H](CS(C)(=O)=O)n6c(=O)n(C7CC7)c7cc(Br)cnc76)ccc5OC)c4)cnc32)ccc1OC. The maximum absolute atomic E-state index is 14.1. The number of imidazole rings is 2. The molecule has 336 valence electrons. The summed E-state index contributed by atoms with van der Waals surface area (Å²) >= 11 is 3.47. The van der Waals surface area contributed by atoms with E-state index in [2.05, 4.69) is 30.9 Å². The van der Waals surface area contributed by atoms with Gasteiger partial charge in [-0.15, -0.1) is 0 Å². The number of benzene rings is 3. The van der Waals surface area contributed by atoms with Crippen LogP contribution in [0.3, 0.4) is 0 Å². The Morgan fingerprint density at radius 2 is 1.38 bits per heavy atom. The van der Waals surface area contributed by atoms with E-state index in [0.717, 1.165) is 42.0 Å². The molecule has 1 N–H and O–H groups in total. The van der Waals surface area contributed by atoms with Gasteiger partial charge in [0.05, 0.1) is 62.1 Å². The first-order valence-electron chi connectivity index (χ1n) is 20.5. The van der Waals surface area contributed by atoms with Crippen molar-refractivity contribution in [3.05, 3.63) is 127 Å². The van der Waals surface area contributed by atoms with E-state index in [4.69, 9.17) is 18.9 Å². The van der Waals surface area contributed by atoms with Crippen LogP contribution >= 0.6 is 15.9 Å². The normalized spacial score (nSPS) is 14.2. The van der Waals surface area contributed by atoms with Crippen LogP contribution in [0.25, 0.3) is 33.5 Å². The van der Waals surface area contributed by atoms with E-state index in [-0.39, 0.29) is 29.8 Å². The van der Waals surface area contributed by atoms with Gasteiger partial charge in [0.1, 0.15) is 19.7 Å². The molecule has 7 aromatic rings. The lowest BCUT2D eigenvalue weighted by atomic mass is 10.0. The Labute approximate surface area is 377 Å². The van der Waals surface area contributed by atoms with Gasteiger partial charge in [-0.3, -0.25) is 13.7 Å². The molecule has 4 heterocycles. The number of ether oxygens (including phenoxy) is 4. The van der Waals surface area contributed by atoms with E-state index < -0.39 is 37.4 Å². The number of hydrogen-bond donors (Lipinski definition) is 1. The Morgan fingerprint density at radius 1 is 0.750 bits per heavy atom. The molecule has 8 rings (SSSR count). The van der Waals surface area contributed by atoms with Crippen molar-refractivity contribution in [1.82, 2.24) is 28.7 Å². The summed E-state index contributed by atoms with van der Waals surface area (Å²) in [6.07, 6.45) is 7.69. The van der Waals surface area contributed by atoms with Gasteiger partial charge in [0, 0.05) is 47.4 Å². The molecule has 0 spiro atoms. The smallest absolute Gasteiger partial charge is 0.331 e. The van der Waals surface area contributed by atoms with E-state index in [1.807, 2.05) is 37.3 Å². The molecule has 0 aliphatic heterocycles. The number of aromatic nitrogens is 6. The van der Waals surface area contributed by atoms with Gasteiger partial charge in [-0.05, 0) is 94.3 Å². The summed E-state index contributed by atoms with van der Waals surface area (Å²) in [6, 6.07) is 19.9. The maximum atomic E-state index is 14.1. The van der Waals surface area contributed by atoms with Crippen LogP contribution in [0.15, 0.2) is 99.3 Å². The lowest BCUT2D eigenvalue weighted by Gasteiger charge is -2.20. The molecule has 1 aliphatic rings. The number of pyridine rings is 2. The second-order valence-corrected chi connectivity index (χ2v) is 21.2. The number of nitrogens with zero attached hydrogens (tertiary/aromatic N) is 5. The number of nitrogens with one attached hydrogen (secondary N) is 1. The van der Waals surface area contributed by atoms with Crippen molar-refractivity contribution in [2.24, 2.45) is 0 Å². The first-order chi connectivity index (χ1) is 30.5. The molecule has 1 fully saturated rings. The minimum absolute atomic E-state index is 0.0252. The second kappa shape index (κ2) is 17.9. The molecule has 0 saturated heterocycles. The molecule has 4 aromatic heterocycles. The van der Waals surface area contributed by atoms with Crippen molar-refractivity contribution in [1.29, 1.82) is 0 Å². The molecule has 0 radical (unpaired) electrons. The monoisotopic (exact) mass is 974 g/mol. The lowest BCUT2D eigenvalue weighted by Crippen LogP contribution is -2.31. The Hall–Kier alpha value is -5.92. The van der Waals surface area contributed by atoms with E-state index in [1.54, 1.807) is 59.4 Å². The molecule has 1 saturated carbocycles. The molecular formula is C45H47BrN6O10S2. The van der Waals surface area contributed by atoms with Crippen LogP contribution in [-0.2, 0) is 26.1 Å². The largest absolute Gasteiger partial charge is 0.493 e. The Morgan fingerprint density at radius 3 is 1.98 bits per heavy atom. The Balaban J connectivity index is 1.05. The summed E-state index contributed by atoms with van der Waals surface area (Å²) in [5, 5.41) is 0. The van der Waals surface area contributed by atoms with Crippen molar-refractivity contribution in [2.45, 2.75) is 44.3 Å². The molecule has 0 bridgehead atoms. The number of hydrogen-bond acceptors (Lipinski definition) is 12. The molecule has 16 nitrogen and oxygen atoms in total. The third-order valence-corrected chi connectivity index (χ3v) is 13.4. The predicted molar refractivity (Wildman–Crippen MR) is 248 cm³/mol. The zero-order valence-corrected chi connectivity index (χ0v) is 39.0. The average molecular weight is 976 g/mol. The highest BCUT2D eigenvalue weighted by Gasteiger charge is 2.33. The number of methoxy groups -OCH3 is 2. The minimum atomic E-state index is -3.59. The van der Waals surface area contributed by atoms with Crippen LogP contribution < -0.4 is 30.3 Å². The van der Waals surface area contributed by atoms with Gasteiger partial charge < -0.3 is 23.9 Å². The Kier molecular flexibility index (Phi) is 12.5. The fourth-order valence-electron chi connectivity index (χ4n) is 8.10. The first kappa shape index (κ1) is 44.7. The summed E-state index contributed by atoms with van der Waals surface area (Å²) < 4.78 is 79.7. The summed E-state index contributed by atoms with van der Waals surface area (Å²) in [7, 11) is -4.13. The van der Waals surface area contributed by atoms with E-state index in [0.29, 0.717) is 74.0 Å². The van der Waals surface area contributed by atoms with E-state index >= 15 is 0 Å². The van der Waals surface area contributed by atoms with Crippen LogP contribution in [0.4, 0.5) is 0 Å². The topological polar surface area (TPSA) is 196 Å².